The number of aliphatic imine (C=N–C) groups is 1. The number of ether oxygens (including phenoxy) is 1. The van der Waals surface area contributed by atoms with Gasteiger partial charge in [-0.1, -0.05) is 6.58 Å². The van der Waals surface area contributed by atoms with Gasteiger partial charge in [-0.3, -0.25) is 22.7 Å². The first-order valence-electron chi connectivity index (χ1n) is 12.1. The largest absolute Gasteiger partial charge is 0.473 e. The normalized spacial score (nSPS) is 33.1. The molecule has 2 bridgehead atoms. The standard InChI is InChI=1S/C20H25N9O10P2/c1-10-14-18(27-20(21)25-10)29(9-24-14)19-16-15(30)12(38-19)6-36-40(31,32)35-4-2-3-28-13(7-37-41(33,34)39-16)26-11-5-22-8-23-17(11)28/h5,8-9,12,15-16,19,30H,1-4,6-7H2,(H,31,32)(H,33,34)(H3,21,25,27)/t12-,15-,16-,19-/m1/s1. The number of nitrogens with two attached hydrogens (primary N) is 1. The zero-order valence-electron chi connectivity index (χ0n) is 21.1. The van der Waals surface area contributed by atoms with E-state index in [1.54, 1.807) is 4.57 Å². The summed E-state index contributed by atoms with van der Waals surface area (Å²) in [6, 6.07) is 0. The number of fused-ring (bicyclic) bond motifs is 6. The Kier molecular flexibility index (Phi) is 7.27. The SMILES string of the molecule is C=C1NC(N)=Nc2c1ncn2[C@@H]1O[C@@H]2COP(=O)(O)OCCCn3c(nc4cncnc43)COP(=O)(O)O[C@@H]1[C@@H]2O. The summed E-state index contributed by atoms with van der Waals surface area (Å²) in [5.74, 6) is 0.350. The van der Waals surface area contributed by atoms with Crippen LogP contribution in [0.2, 0.25) is 0 Å². The van der Waals surface area contributed by atoms with E-state index in [0.717, 1.165) is 0 Å². The third-order valence-corrected chi connectivity index (χ3v) is 8.38. The summed E-state index contributed by atoms with van der Waals surface area (Å²) in [5.41, 5.74) is 7.24. The molecular formula is C20H25N9O10P2. The first-order valence-corrected chi connectivity index (χ1v) is 15.1. The predicted molar refractivity (Wildman–Crippen MR) is 137 cm³/mol. The summed E-state index contributed by atoms with van der Waals surface area (Å²) in [6.07, 6.45) is -1.62. The van der Waals surface area contributed by atoms with Crippen molar-refractivity contribution >= 4 is 44.3 Å². The molecule has 6 rings (SSSR count). The Morgan fingerprint density at radius 2 is 2.00 bits per heavy atom. The van der Waals surface area contributed by atoms with Gasteiger partial charge < -0.3 is 35.2 Å². The Morgan fingerprint density at radius 3 is 2.83 bits per heavy atom. The molecule has 1 saturated heterocycles. The molecule has 0 spiro atoms. The van der Waals surface area contributed by atoms with Crippen LogP contribution in [0.1, 0.15) is 24.2 Å². The predicted octanol–water partition coefficient (Wildman–Crippen LogP) is 0.0409. The van der Waals surface area contributed by atoms with E-state index in [9.17, 15) is 24.0 Å². The highest BCUT2D eigenvalue weighted by molar-refractivity contribution is 7.47. The van der Waals surface area contributed by atoms with Crippen molar-refractivity contribution in [3.8, 4) is 0 Å². The molecule has 0 aliphatic carbocycles. The molecule has 3 aromatic rings. The van der Waals surface area contributed by atoms with Gasteiger partial charge in [0.25, 0.3) is 0 Å². The van der Waals surface area contributed by atoms with Gasteiger partial charge in [-0.25, -0.2) is 29.1 Å². The molecule has 0 saturated carbocycles. The van der Waals surface area contributed by atoms with Gasteiger partial charge in [0.15, 0.2) is 23.7 Å². The lowest BCUT2D eigenvalue weighted by molar-refractivity contribution is -0.0525. The summed E-state index contributed by atoms with van der Waals surface area (Å²) in [5, 5.41) is 13.8. The van der Waals surface area contributed by atoms with E-state index in [0.29, 0.717) is 22.6 Å². The van der Waals surface area contributed by atoms with Gasteiger partial charge in [0.1, 0.15) is 48.3 Å². The van der Waals surface area contributed by atoms with Crippen LogP contribution in [-0.4, -0.2) is 81.4 Å². The van der Waals surface area contributed by atoms with E-state index < -0.39 is 53.4 Å². The van der Waals surface area contributed by atoms with Crippen molar-refractivity contribution < 1.29 is 46.9 Å². The number of phosphoric acid groups is 2. The molecule has 0 aromatic carbocycles. The first kappa shape index (κ1) is 28.0. The van der Waals surface area contributed by atoms with Crippen molar-refractivity contribution in [2.75, 3.05) is 13.2 Å². The topological polar surface area (TPSA) is 253 Å². The second kappa shape index (κ2) is 10.6. The van der Waals surface area contributed by atoms with Gasteiger partial charge in [0, 0.05) is 6.54 Å². The summed E-state index contributed by atoms with van der Waals surface area (Å²) in [4.78, 5) is 41.8. The molecule has 3 aliphatic heterocycles. The van der Waals surface area contributed by atoms with Gasteiger partial charge >= 0.3 is 15.6 Å². The highest BCUT2D eigenvalue weighted by Gasteiger charge is 2.50. The Morgan fingerprint density at radius 1 is 1.17 bits per heavy atom. The van der Waals surface area contributed by atoms with Crippen LogP contribution in [-0.2, 0) is 45.1 Å². The van der Waals surface area contributed by atoms with Crippen LogP contribution in [0.3, 0.4) is 0 Å². The van der Waals surface area contributed by atoms with Crippen LogP contribution in [0, 0.1) is 0 Å². The number of rotatable bonds is 1. The van der Waals surface area contributed by atoms with Crippen LogP contribution in [0.15, 0.2) is 30.4 Å². The molecule has 1 fully saturated rings. The van der Waals surface area contributed by atoms with Crippen LogP contribution < -0.4 is 11.1 Å². The van der Waals surface area contributed by atoms with Gasteiger partial charge in [-0.2, -0.15) is 4.99 Å². The molecule has 19 nitrogen and oxygen atoms in total. The van der Waals surface area contributed by atoms with Crippen molar-refractivity contribution in [3.63, 3.8) is 0 Å². The quantitative estimate of drug-likeness (QED) is 0.227. The number of nitrogens with one attached hydrogen (secondary N) is 1. The van der Waals surface area contributed by atoms with Crippen molar-refractivity contribution in [1.29, 1.82) is 0 Å². The van der Waals surface area contributed by atoms with E-state index in [4.69, 9.17) is 28.6 Å². The third-order valence-electron chi connectivity index (χ3n) is 6.43. The summed E-state index contributed by atoms with van der Waals surface area (Å²) in [7, 11) is -9.49. The number of aliphatic hydroxyl groups excluding tert-OH is 1. The molecule has 3 aromatic heterocycles. The highest BCUT2D eigenvalue weighted by Crippen LogP contribution is 2.51. The number of hydrogen-bond acceptors (Lipinski definition) is 15. The smallest absolute Gasteiger partial charge is 0.387 e. The summed E-state index contributed by atoms with van der Waals surface area (Å²) < 4.78 is 55.3. The number of phosphoric ester groups is 2. The molecular weight excluding hydrogens is 588 g/mol. The molecule has 220 valence electrons. The number of aryl methyl sites for hydroxylation is 1. The van der Waals surface area contributed by atoms with Crippen molar-refractivity contribution in [2.45, 2.75) is 44.1 Å². The van der Waals surface area contributed by atoms with Crippen LogP contribution in [0.4, 0.5) is 5.82 Å². The van der Waals surface area contributed by atoms with Crippen LogP contribution in [0.25, 0.3) is 16.9 Å². The van der Waals surface area contributed by atoms with Crippen molar-refractivity contribution in [3.05, 3.63) is 36.9 Å². The molecule has 6 atom stereocenters. The number of aliphatic hydroxyl groups is 1. The average molecular weight is 613 g/mol. The van der Waals surface area contributed by atoms with E-state index in [1.807, 2.05) is 0 Å². The van der Waals surface area contributed by atoms with E-state index in [1.165, 1.54) is 23.4 Å². The zero-order valence-corrected chi connectivity index (χ0v) is 22.9. The minimum atomic E-state index is -4.91. The molecule has 0 amide bonds. The molecule has 3 aliphatic rings. The van der Waals surface area contributed by atoms with Crippen LogP contribution >= 0.6 is 15.6 Å². The fraction of sp³-hybridized carbons (Fsp3) is 0.450. The van der Waals surface area contributed by atoms with Gasteiger partial charge in [-0.05, 0) is 6.42 Å². The summed E-state index contributed by atoms with van der Waals surface area (Å²) >= 11 is 0. The average Bonchev–Trinajstić information content (AvgIpc) is 3.58. The third kappa shape index (κ3) is 5.56. The molecule has 2 unspecified atom stereocenters. The number of aromatic nitrogens is 6. The van der Waals surface area contributed by atoms with Crippen molar-refractivity contribution in [2.24, 2.45) is 10.7 Å². The van der Waals surface area contributed by atoms with E-state index >= 15 is 0 Å². The molecule has 6 N–H and O–H groups in total. The monoisotopic (exact) mass is 613 g/mol. The molecule has 0 radical (unpaired) electrons. The maximum Gasteiger partial charge on any atom is 0.473 e. The number of imidazole rings is 2. The fourth-order valence-electron chi connectivity index (χ4n) is 4.61. The van der Waals surface area contributed by atoms with Gasteiger partial charge in [-0.15, -0.1) is 0 Å². The Balaban J connectivity index is 1.35. The summed E-state index contributed by atoms with van der Waals surface area (Å²) in [6.45, 7) is 2.71. The fourth-order valence-corrected chi connectivity index (χ4v) is 6.26. The number of nitrogens with zero attached hydrogens (tertiary/aromatic N) is 7. The second-order valence-electron chi connectivity index (χ2n) is 9.15. The Bertz CT molecular complexity index is 1630. The Labute approximate surface area is 230 Å². The highest BCUT2D eigenvalue weighted by atomic mass is 31.2. The number of hydrogen-bond donors (Lipinski definition) is 5. The van der Waals surface area contributed by atoms with E-state index in [2.05, 4.69) is 36.8 Å². The second-order valence-corrected chi connectivity index (χ2v) is 12.0. The lowest BCUT2D eigenvalue weighted by Gasteiger charge is -2.25. The molecule has 6 heterocycles. The number of guanidine groups is 1. The van der Waals surface area contributed by atoms with Gasteiger partial charge in [0.2, 0.25) is 0 Å². The lowest BCUT2D eigenvalue weighted by atomic mass is 10.1. The first-order chi connectivity index (χ1) is 19.5. The minimum absolute atomic E-state index is 0.00669. The van der Waals surface area contributed by atoms with Gasteiger partial charge in [0.05, 0.1) is 31.4 Å². The Hall–Kier alpha value is -3.09. The van der Waals surface area contributed by atoms with E-state index in [-0.39, 0.29) is 37.2 Å². The minimum Gasteiger partial charge on any atom is -0.387 e. The lowest BCUT2D eigenvalue weighted by Crippen LogP contribution is -2.36. The zero-order chi connectivity index (χ0) is 28.9. The maximum atomic E-state index is 13.2. The maximum absolute atomic E-state index is 13.2. The molecule has 21 heteroatoms. The van der Waals surface area contributed by atoms with Crippen molar-refractivity contribution in [1.82, 2.24) is 34.4 Å². The van der Waals surface area contributed by atoms with Crippen LogP contribution in [0.5, 0.6) is 0 Å². The molecule has 41 heavy (non-hydrogen) atoms.